The van der Waals surface area contributed by atoms with Gasteiger partial charge in [-0.3, -0.25) is 4.79 Å². The second-order valence-corrected chi connectivity index (χ2v) is 3.71. The molecule has 0 spiro atoms. The first kappa shape index (κ1) is 15.5. The monoisotopic (exact) mass is 256 g/mol. The Morgan fingerprint density at radius 3 is 2.24 bits per heavy atom. The molecule has 0 rings (SSSR count). The summed E-state index contributed by atoms with van der Waals surface area (Å²) in [6.45, 7) is 2.04. The first-order chi connectivity index (χ1) is 7.63. The van der Waals surface area contributed by atoms with Gasteiger partial charge in [0.05, 0.1) is 6.42 Å². The third-order valence-corrected chi connectivity index (χ3v) is 1.87. The van der Waals surface area contributed by atoms with E-state index in [1.165, 1.54) is 0 Å². The third-order valence-electron chi connectivity index (χ3n) is 1.87. The molecule has 17 heavy (non-hydrogen) atoms. The van der Waals surface area contributed by atoms with Gasteiger partial charge in [0.1, 0.15) is 6.54 Å². The van der Waals surface area contributed by atoms with E-state index >= 15 is 0 Å². The summed E-state index contributed by atoms with van der Waals surface area (Å²) in [5, 5.41) is 10.6. The first-order valence-corrected chi connectivity index (χ1v) is 4.96. The summed E-state index contributed by atoms with van der Waals surface area (Å²) in [6.07, 6.45) is -5.49. The highest BCUT2D eigenvalue weighted by atomic mass is 19.4. The van der Waals surface area contributed by atoms with Gasteiger partial charge in [-0.25, -0.2) is 4.79 Å². The fourth-order valence-electron chi connectivity index (χ4n) is 1.05. The maximum Gasteiger partial charge on any atom is 0.390 e. The number of carbonyl (C=O) groups excluding carboxylic acids is 1. The summed E-state index contributed by atoms with van der Waals surface area (Å²) in [6, 6.07) is -1.22. The van der Waals surface area contributed by atoms with E-state index in [1.54, 1.807) is 13.8 Å². The fourth-order valence-corrected chi connectivity index (χ4v) is 1.05. The van der Waals surface area contributed by atoms with E-state index < -0.39 is 43.7 Å². The average molecular weight is 256 g/mol. The Hall–Kier alpha value is -1.47. The number of halogens is 3. The second kappa shape index (κ2) is 6.31. The van der Waals surface area contributed by atoms with Gasteiger partial charge in [-0.05, 0) is 13.8 Å². The lowest BCUT2D eigenvalue weighted by atomic mass is 10.3. The third kappa shape index (κ3) is 7.42. The molecule has 100 valence electrons. The lowest BCUT2D eigenvalue weighted by Crippen LogP contribution is -2.47. The molecule has 5 nitrogen and oxygen atoms in total. The summed E-state index contributed by atoms with van der Waals surface area (Å²) >= 11 is 0. The van der Waals surface area contributed by atoms with Gasteiger partial charge in [0.2, 0.25) is 0 Å². The molecule has 0 aromatic heterocycles. The van der Waals surface area contributed by atoms with E-state index in [0.29, 0.717) is 0 Å². The van der Waals surface area contributed by atoms with Gasteiger partial charge in [0.15, 0.2) is 0 Å². The number of urea groups is 1. The number of rotatable bonds is 5. The van der Waals surface area contributed by atoms with Crippen LogP contribution in [0.3, 0.4) is 0 Å². The van der Waals surface area contributed by atoms with Crippen LogP contribution in [0.15, 0.2) is 0 Å². The molecule has 2 N–H and O–H groups in total. The Labute approximate surface area is 96.6 Å². The largest absolute Gasteiger partial charge is 0.480 e. The number of alkyl halides is 3. The van der Waals surface area contributed by atoms with Crippen molar-refractivity contribution >= 4 is 12.0 Å². The number of carbonyl (C=O) groups is 2. The van der Waals surface area contributed by atoms with Crippen LogP contribution >= 0.6 is 0 Å². The Balaban J connectivity index is 4.20. The second-order valence-electron chi connectivity index (χ2n) is 3.71. The van der Waals surface area contributed by atoms with E-state index in [-0.39, 0.29) is 0 Å². The molecule has 0 saturated heterocycles. The quantitative estimate of drug-likeness (QED) is 0.782. The van der Waals surface area contributed by atoms with Crippen molar-refractivity contribution in [1.82, 2.24) is 10.2 Å². The number of carboxylic acids is 1. The van der Waals surface area contributed by atoms with Crippen LogP contribution in [0, 0.1) is 0 Å². The average Bonchev–Trinajstić information content (AvgIpc) is 2.11. The van der Waals surface area contributed by atoms with Crippen molar-refractivity contribution in [1.29, 1.82) is 0 Å². The van der Waals surface area contributed by atoms with Crippen molar-refractivity contribution < 1.29 is 27.9 Å². The van der Waals surface area contributed by atoms with Crippen LogP contribution in [-0.4, -0.2) is 47.3 Å². The van der Waals surface area contributed by atoms with Crippen molar-refractivity contribution in [2.75, 3.05) is 13.1 Å². The van der Waals surface area contributed by atoms with Crippen LogP contribution in [0.1, 0.15) is 20.3 Å². The lowest BCUT2D eigenvalue weighted by molar-refractivity contribution is -0.138. The molecule has 0 heterocycles. The molecule has 0 unspecified atom stereocenters. The Morgan fingerprint density at radius 1 is 1.35 bits per heavy atom. The number of hydrogen-bond acceptors (Lipinski definition) is 2. The van der Waals surface area contributed by atoms with Crippen molar-refractivity contribution in [2.45, 2.75) is 32.5 Å². The molecule has 2 amide bonds. The van der Waals surface area contributed by atoms with Gasteiger partial charge in [0, 0.05) is 12.6 Å². The van der Waals surface area contributed by atoms with Gasteiger partial charge < -0.3 is 15.3 Å². The van der Waals surface area contributed by atoms with Crippen LogP contribution in [-0.2, 0) is 4.79 Å². The smallest absolute Gasteiger partial charge is 0.390 e. The highest BCUT2D eigenvalue weighted by Crippen LogP contribution is 2.18. The Kier molecular flexibility index (Phi) is 5.77. The number of nitrogens with one attached hydrogen (secondary N) is 1. The fraction of sp³-hybridized carbons (Fsp3) is 0.778. The lowest BCUT2D eigenvalue weighted by Gasteiger charge is -2.25. The number of amides is 2. The number of nitrogens with zero attached hydrogens (tertiary/aromatic N) is 1. The summed E-state index contributed by atoms with van der Waals surface area (Å²) in [5.41, 5.74) is 0. The van der Waals surface area contributed by atoms with Gasteiger partial charge in [-0.1, -0.05) is 0 Å². The topological polar surface area (TPSA) is 69.6 Å². The van der Waals surface area contributed by atoms with Gasteiger partial charge >= 0.3 is 18.2 Å². The summed E-state index contributed by atoms with van der Waals surface area (Å²) in [4.78, 5) is 22.8. The van der Waals surface area contributed by atoms with Crippen LogP contribution in [0.25, 0.3) is 0 Å². The predicted molar refractivity (Wildman–Crippen MR) is 53.5 cm³/mol. The van der Waals surface area contributed by atoms with Crippen molar-refractivity contribution in [3.8, 4) is 0 Å². The van der Waals surface area contributed by atoms with Crippen LogP contribution < -0.4 is 5.32 Å². The van der Waals surface area contributed by atoms with Crippen molar-refractivity contribution in [3.05, 3.63) is 0 Å². The van der Waals surface area contributed by atoms with E-state index in [2.05, 4.69) is 0 Å². The molecule has 0 aliphatic rings. The summed E-state index contributed by atoms with van der Waals surface area (Å²) in [5.74, 6) is -1.22. The zero-order chi connectivity index (χ0) is 13.6. The molecule has 0 aliphatic heterocycles. The minimum Gasteiger partial charge on any atom is -0.480 e. The Bertz CT molecular complexity index is 279. The minimum absolute atomic E-state index is 0.406. The highest BCUT2D eigenvalue weighted by Gasteiger charge is 2.27. The molecule has 0 bridgehead atoms. The summed E-state index contributed by atoms with van der Waals surface area (Å²) < 4.78 is 35.5. The maximum atomic E-state index is 11.8. The van der Waals surface area contributed by atoms with Crippen LogP contribution in [0.5, 0.6) is 0 Å². The molecular weight excluding hydrogens is 241 g/mol. The number of aliphatic carboxylic acids is 1. The van der Waals surface area contributed by atoms with Crippen molar-refractivity contribution in [3.63, 3.8) is 0 Å². The maximum absolute atomic E-state index is 11.8. The molecule has 0 radical (unpaired) electrons. The molecule has 0 aromatic rings. The molecule has 0 aromatic carbocycles. The Morgan fingerprint density at radius 2 is 1.88 bits per heavy atom. The van der Waals surface area contributed by atoms with Crippen LogP contribution in [0.2, 0.25) is 0 Å². The highest BCUT2D eigenvalue weighted by molar-refractivity contribution is 5.80. The van der Waals surface area contributed by atoms with Gasteiger partial charge in [0.25, 0.3) is 0 Å². The molecule has 0 aliphatic carbocycles. The minimum atomic E-state index is -4.34. The van der Waals surface area contributed by atoms with Crippen molar-refractivity contribution in [2.24, 2.45) is 0 Å². The van der Waals surface area contributed by atoms with E-state index in [9.17, 15) is 22.8 Å². The molecule has 0 saturated carbocycles. The molecule has 0 fully saturated rings. The van der Waals surface area contributed by atoms with Gasteiger partial charge in [-0.2, -0.15) is 13.2 Å². The van der Waals surface area contributed by atoms with E-state index in [4.69, 9.17) is 5.11 Å². The normalized spacial score (nSPS) is 11.4. The predicted octanol–water partition coefficient (Wildman–Crippen LogP) is 1.44. The number of hydrogen-bond donors (Lipinski definition) is 2. The molecule has 8 heteroatoms. The zero-order valence-corrected chi connectivity index (χ0v) is 9.54. The summed E-state index contributed by atoms with van der Waals surface area (Å²) in [7, 11) is 0. The van der Waals surface area contributed by atoms with E-state index in [1.807, 2.05) is 5.32 Å². The van der Waals surface area contributed by atoms with E-state index in [0.717, 1.165) is 4.90 Å². The zero-order valence-electron chi connectivity index (χ0n) is 9.54. The van der Waals surface area contributed by atoms with Gasteiger partial charge in [-0.15, -0.1) is 0 Å². The first-order valence-electron chi connectivity index (χ1n) is 4.96. The molecule has 0 atom stereocenters. The molecular formula is C9H15F3N2O3. The van der Waals surface area contributed by atoms with Crippen LogP contribution in [0.4, 0.5) is 18.0 Å². The number of carboxylic acid groups (broad SMARTS) is 1. The standard InChI is InChI=1S/C9H15F3N2O3/c1-6(2)14(5-7(15)16)8(17)13-4-3-9(10,11)12/h6H,3-5H2,1-2H3,(H,13,17)(H,15,16). The SMILES string of the molecule is CC(C)N(CC(=O)O)C(=O)NCCC(F)(F)F.